The number of carbonyl (C=O) groups is 1. The highest BCUT2D eigenvalue weighted by Crippen LogP contribution is 2.41. The molecule has 1 atom stereocenters. The van der Waals surface area contributed by atoms with E-state index in [4.69, 9.17) is 14.2 Å². The molecule has 6 heteroatoms. The molecule has 3 rings (SSSR count). The summed E-state index contributed by atoms with van der Waals surface area (Å²) in [6, 6.07) is 7.78. The number of hydrogen-bond donors (Lipinski definition) is 1. The number of para-hydroxylation sites is 1. The number of nitrogens with one attached hydrogen (secondary N) is 1. The summed E-state index contributed by atoms with van der Waals surface area (Å²) < 4.78 is 17.1. The largest absolute Gasteiger partial charge is 0.483 e. The molecule has 25 heavy (non-hydrogen) atoms. The van der Waals surface area contributed by atoms with Gasteiger partial charge in [-0.2, -0.15) is 11.3 Å². The minimum atomic E-state index is -0.240. The Bertz CT molecular complexity index is 727. The van der Waals surface area contributed by atoms with E-state index in [9.17, 15) is 4.79 Å². The third-order valence-corrected chi connectivity index (χ3v) is 4.80. The first-order chi connectivity index (χ1) is 12.0. The first-order valence-corrected chi connectivity index (χ1v) is 9.18. The predicted octanol–water partition coefficient (Wildman–Crippen LogP) is 3.34. The van der Waals surface area contributed by atoms with Gasteiger partial charge in [0, 0.05) is 25.6 Å². The van der Waals surface area contributed by atoms with Crippen LogP contribution in [0.4, 0.5) is 0 Å². The molecule has 134 valence electrons. The Kier molecular flexibility index (Phi) is 5.30. The summed E-state index contributed by atoms with van der Waals surface area (Å²) in [6.07, 6.45) is 0.683. The standard InChI is InChI=1S/C19H23NO4S/c1-19(2)9-13-5-4-6-15(18(13)24-19)23-11-17(21)20-10-16(22-3)14-7-8-25-12-14/h4-8,12,16H,9-11H2,1-3H3,(H,20,21). The van der Waals surface area contributed by atoms with Crippen molar-refractivity contribution in [2.24, 2.45) is 0 Å². The second-order valence-electron chi connectivity index (χ2n) is 6.66. The number of ether oxygens (including phenoxy) is 3. The number of rotatable bonds is 7. The van der Waals surface area contributed by atoms with E-state index in [2.05, 4.69) is 5.32 Å². The van der Waals surface area contributed by atoms with Crippen molar-refractivity contribution in [1.29, 1.82) is 0 Å². The molecule has 1 aliphatic rings. The maximum absolute atomic E-state index is 12.1. The fourth-order valence-electron chi connectivity index (χ4n) is 2.90. The van der Waals surface area contributed by atoms with Crippen LogP contribution in [0.15, 0.2) is 35.0 Å². The highest BCUT2D eigenvalue weighted by Gasteiger charge is 2.32. The van der Waals surface area contributed by atoms with Crippen LogP contribution in [0.3, 0.4) is 0 Å². The number of methoxy groups -OCH3 is 1. The Hall–Kier alpha value is -2.05. The molecule has 5 nitrogen and oxygen atoms in total. The van der Waals surface area contributed by atoms with Gasteiger partial charge in [0.25, 0.3) is 5.91 Å². The molecule has 0 aliphatic carbocycles. The van der Waals surface area contributed by atoms with Crippen molar-refractivity contribution in [3.05, 3.63) is 46.2 Å². The highest BCUT2D eigenvalue weighted by molar-refractivity contribution is 7.07. The van der Waals surface area contributed by atoms with Crippen molar-refractivity contribution < 1.29 is 19.0 Å². The zero-order valence-corrected chi connectivity index (χ0v) is 15.5. The molecular weight excluding hydrogens is 338 g/mol. The summed E-state index contributed by atoms with van der Waals surface area (Å²) >= 11 is 1.60. The van der Waals surface area contributed by atoms with E-state index in [0.29, 0.717) is 12.3 Å². The molecule has 1 unspecified atom stereocenters. The zero-order valence-electron chi connectivity index (χ0n) is 14.7. The van der Waals surface area contributed by atoms with Gasteiger partial charge in [0.15, 0.2) is 18.1 Å². The maximum atomic E-state index is 12.1. The Morgan fingerprint density at radius 2 is 2.24 bits per heavy atom. The van der Waals surface area contributed by atoms with Gasteiger partial charge < -0.3 is 19.5 Å². The van der Waals surface area contributed by atoms with Crippen molar-refractivity contribution in [3.63, 3.8) is 0 Å². The molecule has 0 fully saturated rings. The smallest absolute Gasteiger partial charge is 0.258 e. The van der Waals surface area contributed by atoms with Crippen LogP contribution in [0.5, 0.6) is 11.5 Å². The Labute approximate surface area is 151 Å². The Morgan fingerprint density at radius 3 is 2.96 bits per heavy atom. The minimum absolute atomic E-state index is 0.0552. The maximum Gasteiger partial charge on any atom is 0.258 e. The number of carbonyl (C=O) groups excluding carboxylic acids is 1. The molecule has 0 saturated carbocycles. The van der Waals surface area contributed by atoms with Crippen LogP contribution in [0.1, 0.15) is 31.1 Å². The molecule has 2 aromatic rings. The van der Waals surface area contributed by atoms with Crippen LogP contribution >= 0.6 is 11.3 Å². The van der Waals surface area contributed by atoms with Gasteiger partial charge in [0.1, 0.15) is 11.7 Å². The Balaban J connectivity index is 1.53. The van der Waals surface area contributed by atoms with E-state index < -0.39 is 0 Å². The molecule has 0 radical (unpaired) electrons. The molecule has 1 aliphatic heterocycles. The SMILES string of the molecule is COC(CNC(=O)COc1cccc2c1OC(C)(C)C2)c1ccsc1. The Morgan fingerprint density at radius 1 is 1.40 bits per heavy atom. The average Bonchev–Trinajstić information content (AvgIpc) is 3.19. The lowest BCUT2D eigenvalue weighted by Gasteiger charge is -2.18. The van der Waals surface area contributed by atoms with Gasteiger partial charge in [0.05, 0.1) is 0 Å². The van der Waals surface area contributed by atoms with Gasteiger partial charge in [-0.05, 0) is 42.3 Å². The molecule has 0 spiro atoms. The summed E-state index contributed by atoms with van der Waals surface area (Å²) in [5.74, 6) is 1.17. The molecule has 1 aromatic carbocycles. The van der Waals surface area contributed by atoms with Crippen LogP contribution in [0.2, 0.25) is 0 Å². The third kappa shape index (κ3) is 4.32. The molecule has 2 heterocycles. The normalized spacial score (nSPS) is 16.0. The van der Waals surface area contributed by atoms with Crippen molar-refractivity contribution in [1.82, 2.24) is 5.32 Å². The first-order valence-electron chi connectivity index (χ1n) is 8.24. The van der Waals surface area contributed by atoms with Crippen LogP contribution in [-0.2, 0) is 16.0 Å². The third-order valence-electron chi connectivity index (χ3n) is 4.10. The van der Waals surface area contributed by atoms with Gasteiger partial charge >= 0.3 is 0 Å². The summed E-state index contributed by atoms with van der Waals surface area (Å²) in [5, 5.41) is 6.86. The van der Waals surface area contributed by atoms with Crippen molar-refractivity contribution in [2.75, 3.05) is 20.3 Å². The lowest BCUT2D eigenvalue weighted by Crippen LogP contribution is -2.33. The van der Waals surface area contributed by atoms with Crippen molar-refractivity contribution >= 4 is 17.2 Å². The molecule has 0 saturated heterocycles. The number of benzene rings is 1. The monoisotopic (exact) mass is 361 g/mol. The number of hydrogen-bond acceptors (Lipinski definition) is 5. The highest BCUT2D eigenvalue weighted by atomic mass is 32.1. The summed E-state index contributed by atoms with van der Waals surface area (Å²) in [4.78, 5) is 12.1. The molecule has 1 amide bonds. The van der Waals surface area contributed by atoms with E-state index >= 15 is 0 Å². The van der Waals surface area contributed by atoms with Crippen LogP contribution in [0.25, 0.3) is 0 Å². The molecule has 1 aromatic heterocycles. The lowest BCUT2D eigenvalue weighted by atomic mass is 10.0. The predicted molar refractivity (Wildman–Crippen MR) is 97.4 cm³/mol. The topological polar surface area (TPSA) is 56.8 Å². The van der Waals surface area contributed by atoms with E-state index in [0.717, 1.165) is 23.3 Å². The summed E-state index contributed by atoms with van der Waals surface area (Å²) in [5.41, 5.74) is 1.93. The molecule has 1 N–H and O–H groups in total. The second kappa shape index (κ2) is 7.45. The quantitative estimate of drug-likeness (QED) is 0.822. The first kappa shape index (κ1) is 17.8. The number of thiophene rings is 1. The number of fused-ring (bicyclic) bond motifs is 1. The van der Waals surface area contributed by atoms with Crippen LogP contribution in [0, 0.1) is 0 Å². The van der Waals surface area contributed by atoms with E-state index in [1.54, 1.807) is 18.4 Å². The van der Waals surface area contributed by atoms with Gasteiger partial charge in [0.2, 0.25) is 0 Å². The van der Waals surface area contributed by atoms with E-state index in [-0.39, 0.29) is 24.2 Å². The van der Waals surface area contributed by atoms with Gasteiger partial charge in [-0.15, -0.1) is 0 Å². The van der Waals surface area contributed by atoms with Gasteiger partial charge in [-0.1, -0.05) is 12.1 Å². The fourth-order valence-corrected chi connectivity index (χ4v) is 3.60. The molecule has 0 bridgehead atoms. The number of amides is 1. The van der Waals surface area contributed by atoms with Crippen LogP contribution in [-0.4, -0.2) is 31.8 Å². The fraction of sp³-hybridized carbons (Fsp3) is 0.421. The van der Waals surface area contributed by atoms with Gasteiger partial charge in [-0.25, -0.2) is 0 Å². The van der Waals surface area contributed by atoms with Crippen molar-refractivity contribution in [3.8, 4) is 11.5 Å². The van der Waals surface area contributed by atoms with Crippen LogP contribution < -0.4 is 14.8 Å². The minimum Gasteiger partial charge on any atom is -0.483 e. The van der Waals surface area contributed by atoms with Crippen molar-refractivity contribution in [2.45, 2.75) is 32.0 Å². The molecular formula is C19H23NO4S. The van der Waals surface area contributed by atoms with Gasteiger partial charge in [-0.3, -0.25) is 4.79 Å². The van der Waals surface area contributed by atoms with E-state index in [1.165, 1.54) is 0 Å². The average molecular weight is 361 g/mol. The summed E-state index contributed by atoms with van der Waals surface area (Å²) in [7, 11) is 1.64. The second-order valence-corrected chi connectivity index (χ2v) is 7.44. The zero-order chi connectivity index (χ0) is 17.9. The lowest BCUT2D eigenvalue weighted by molar-refractivity contribution is -0.123. The summed E-state index contributed by atoms with van der Waals surface area (Å²) in [6.45, 7) is 4.43. The van der Waals surface area contributed by atoms with E-state index in [1.807, 2.05) is 48.9 Å².